The number of rotatable bonds is 2. The molecule has 1 atom stereocenters. The first kappa shape index (κ1) is 12.8. The molecular weight excluding hydrogens is 252 g/mol. The number of nitrogens with two attached hydrogens (primary N) is 1. The highest BCUT2D eigenvalue weighted by Gasteiger charge is 2.20. The van der Waals surface area contributed by atoms with Gasteiger partial charge in [-0.15, -0.1) is 0 Å². The normalized spacial score (nSPS) is 19.9. The molecule has 0 spiro atoms. The average molecular weight is 272 g/mol. The van der Waals surface area contributed by atoms with Gasteiger partial charge in [-0.3, -0.25) is 0 Å². The van der Waals surface area contributed by atoms with Gasteiger partial charge in [0.1, 0.15) is 0 Å². The van der Waals surface area contributed by atoms with Crippen molar-refractivity contribution in [1.29, 1.82) is 0 Å². The van der Waals surface area contributed by atoms with Crippen molar-refractivity contribution in [3.63, 3.8) is 0 Å². The monoisotopic (exact) mass is 272 g/mol. The van der Waals surface area contributed by atoms with Crippen LogP contribution in [0.2, 0.25) is 0 Å². The fraction of sp³-hybridized carbons (Fsp3) is 0.375. The molecule has 1 saturated heterocycles. The molecular formula is C16H20N2S. The van der Waals surface area contributed by atoms with Gasteiger partial charge in [-0.2, -0.15) is 11.8 Å². The molecule has 2 aromatic carbocycles. The van der Waals surface area contributed by atoms with Crippen LogP contribution in [0.5, 0.6) is 0 Å². The van der Waals surface area contributed by atoms with Crippen LogP contribution >= 0.6 is 11.8 Å². The topological polar surface area (TPSA) is 29.3 Å². The van der Waals surface area contributed by atoms with Gasteiger partial charge in [0.25, 0.3) is 0 Å². The third-order valence-corrected chi connectivity index (χ3v) is 5.08. The van der Waals surface area contributed by atoms with E-state index in [0.717, 1.165) is 6.54 Å². The van der Waals surface area contributed by atoms with E-state index in [1.807, 2.05) is 0 Å². The molecule has 1 heterocycles. The molecule has 0 aromatic heterocycles. The van der Waals surface area contributed by atoms with E-state index in [1.54, 1.807) is 0 Å². The number of anilines is 1. The lowest BCUT2D eigenvalue weighted by Gasteiger charge is -2.36. The van der Waals surface area contributed by atoms with Crippen LogP contribution in [0, 0.1) is 0 Å². The first-order chi connectivity index (χ1) is 9.31. The fourth-order valence-corrected chi connectivity index (χ4v) is 3.87. The summed E-state index contributed by atoms with van der Waals surface area (Å²) in [5, 5.41) is 2.64. The quantitative estimate of drug-likeness (QED) is 0.910. The summed E-state index contributed by atoms with van der Waals surface area (Å²) in [5.74, 6) is 2.43. The van der Waals surface area contributed by atoms with Crippen LogP contribution in [-0.2, 0) is 6.54 Å². The van der Waals surface area contributed by atoms with E-state index in [4.69, 9.17) is 5.73 Å². The smallest absolute Gasteiger partial charge is 0.0449 e. The zero-order valence-corrected chi connectivity index (χ0v) is 12.1. The maximum Gasteiger partial charge on any atom is 0.0449 e. The number of benzene rings is 2. The van der Waals surface area contributed by atoms with Gasteiger partial charge in [-0.25, -0.2) is 0 Å². The number of hydrogen-bond donors (Lipinski definition) is 1. The van der Waals surface area contributed by atoms with Crippen molar-refractivity contribution >= 4 is 28.2 Å². The van der Waals surface area contributed by atoms with Gasteiger partial charge in [0.2, 0.25) is 0 Å². The highest BCUT2D eigenvalue weighted by Crippen LogP contribution is 2.32. The van der Waals surface area contributed by atoms with Crippen molar-refractivity contribution in [2.45, 2.75) is 19.5 Å². The van der Waals surface area contributed by atoms with Gasteiger partial charge < -0.3 is 10.6 Å². The first-order valence-electron chi connectivity index (χ1n) is 6.86. The molecule has 19 heavy (non-hydrogen) atoms. The second-order valence-electron chi connectivity index (χ2n) is 5.11. The Labute approximate surface area is 119 Å². The summed E-state index contributed by atoms with van der Waals surface area (Å²) in [4.78, 5) is 2.54. The lowest BCUT2D eigenvalue weighted by Crippen LogP contribution is -2.40. The highest BCUT2D eigenvalue weighted by atomic mass is 32.2. The third-order valence-electron chi connectivity index (χ3n) is 3.89. The molecule has 2 aromatic rings. The summed E-state index contributed by atoms with van der Waals surface area (Å²) in [6.45, 7) is 4.06. The molecule has 0 bridgehead atoms. The minimum Gasteiger partial charge on any atom is -0.367 e. The van der Waals surface area contributed by atoms with E-state index < -0.39 is 0 Å². The second-order valence-corrected chi connectivity index (χ2v) is 6.26. The van der Waals surface area contributed by atoms with Crippen LogP contribution in [0.1, 0.15) is 12.5 Å². The SMILES string of the molecule is CC1CSCCN1c1ccc(CN)c2ccccc12. The molecule has 2 nitrogen and oxygen atoms in total. The van der Waals surface area contributed by atoms with Gasteiger partial charge in [-0.1, -0.05) is 30.3 Å². The minimum atomic E-state index is 0.603. The van der Waals surface area contributed by atoms with Crippen molar-refractivity contribution in [2.24, 2.45) is 5.73 Å². The summed E-state index contributed by atoms with van der Waals surface area (Å²) in [7, 11) is 0. The lowest BCUT2D eigenvalue weighted by molar-refractivity contribution is 0.702. The predicted molar refractivity (Wildman–Crippen MR) is 86.0 cm³/mol. The Hall–Kier alpha value is -1.19. The third kappa shape index (κ3) is 2.33. The number of hydrogen-bond acceptors (Lipinski definition) is 3. The first-order valence-corrected chi connectivity index (χ1v) is 8.02. The van der Waals surface area contributed by atoms with Crippen molar-refractivity contribution in [2.75, 3.05) is 23.0 Å². The molecule has 2 N–H and O–H groups in total. The molecule has 1 aliphatic rings. The van der Waals surface area contributed by atoms with Crippen LogP contribution in [0.15, 0.2) is 36.4 Å². The second kappa shape index (κ2) is 5.43. The Morgan fingerprint density at radius 2 is 2.00 bits per heavy atom. The molecule has 3 rings (SSSR count). The molecule has 0 saturated carbocycles. The number of fused-ring (bicyclic) bond motifs is 1. The number of nitrogens with zero attached hydrogens (tertiary/aromatic N) is 1. The van der Waals surface area contributed by atoms with Gasteiger partial charge in [0.05, 0.1) is 0 Å². The standard InChI is InChI=1S/C16H20N2S/c1-12-11-19-9-8-18(12)16-7-6-13(10-17)14-4-2-3-5-15(14)16/h2-7,12H,8-11,17H2,1H3. The van der Waals surface area contributed by atoms with Crippen molar-refractivity contribution in [1.82, 2.24) is 0 Å². The molecule has 1 fully saturated rings. The Kier molecular flexibility index (Phi) is 3.67. The predicted octanol–water partition coefficient (Wildman–Crippen LogP) is 3.24. The van der Waals surface area contributed by atoms with Crippen LogP contribution in [-0.4, -0.2) is 24.1 Å². The van der Waals surface area contributed by atoms with Crippen LogP contribution in [0.3, 0.4) is 0 Å². The largest absolute Gasteiger partial charge is 0.367 e. The summed E-state index contributed by atoms with van der Waals surface area (Å²) < 4.78 is 0. The zero-order chi connectivity index (χ0) is 13.2. The van der Waals surface area contributed by atoms with Crippen LogP contribution in [0.25, 0.3) is 10.8 Å². The van der Waals surface area contributed by atoms with E-state index in [2.05, 4.69) is 60.0 Å². The Morgan fingerprint density at radius 3 is 2.74 bits per heavy atom. The Bertz CT molecular complexity index is 582. The molecule has 0 amide bonds. The van der Waals surface area contributed by atoms with Crippen molar-refractivity contribution < 1.29 is 0 Å². The van der Waals surface area contributed by atoms with Crippen LogP contribution < -0.4 is 10.6 Å². The van der Waals surface area contributed by atoms with Gasteiger partial charge in [0.15, 0.2) is 0 Å². The van der Waals surface area contributed by atoms with E-state index in [1.165, 1.54) is 33.5 Å². The van der Waals surface area contributed by atoms with E-state index >= 15 is 0 Å². The maximum absolute atomic E-state index is 5.85. The lowest BCUT2D eigenvalue weighted by atomic mass is 10.0. The minimum absolute atomic E-state index is 0.603. The van der Waals surface area contributed by atoms with Gasteiger partial charge in [-0.05, 0) is 23.9 Å². The van der Waals surface area contributed by atoms with E-state index in [0.29, 0.717) is 12.6 Å². The molecule has 3 heteroatoms. The summed E-state index contributed by atoms with van der Waals surface area (Å²) in [5.41, 5.74) is 8.45. The molecule has 1 aliphatic heterocycles. The molecule has 100 valence electrons. The van der Waals surface area contributed by atoms with E-state index in [9.17, 15) is 0 Å². The zero-order valence-electron chi connectivity index (χ0n) is 11.3. The Balaban J connectivity index is 2.13. The maximum atomic E-state index is 5.85. The van der Waals surface area contributed by atoms with Gasteiger partial charge >= 0.3 is 0 Å². The molecule has 0 radical (unpaired) electrons. The average Bonchev–Trinajstić information content (AvgIpc) is 2.47. The van der Waals surface area contributed by atoms with Crippen molar-refractivity contribution in [3.05, 3.63) is 42.0 Å². The fourth-order valence-electron chi connectivity index (χ4n) is 2.86. The van der Waals surface area contributed by atoms with E-state index in [-0.39, 0.29) is 0 Å². The summed E-state index contributed by atoms with van der Waals surface area (Å²) in [6, 6.07) is 13.7. The molecule has 0 aliphatic carbocycles. The summed E-state index contributed by atoms with van der Waals surface area (Å²) in [6.07, 6.45) is 0. The summed E-state index contributed by atoms with van der Waals surface area (Å²) >= 11 is 2.05. The van der Waals surface area contributed by atoms with Crippen molar-refractivity contribution in [3.8, 4) is 0 Å². The Morgan fingerprint density at radius 1 is 1.21 bits per heavy atom. The van der Waals surface area contributed by atoms with Gasteiger partial charge in [0, 0.05) is 41.7 Å². The highest BCUT2D eigenvalue weighted by molar-refractivity contribution is 7.99. The molecule has 1 unspecified atom stereocenters. The number of thioether (sulfide) groups is 1. The van der Waals surface area contributed by atoms with Crippen LogP contribution in [0.4, 0.5) is 5.69 Å².